The van der Waals surface area contributed by atoms with Crippen molar-refractivity contribution < 1.29 is 97.6 Å². The summed E-state index contributed by atoms with van der Waals surface area (Å²) in [6, 6.07) is 27.2. The summed E-state index contributed by atoms with van der Waals surface area (Å²) in [6.45, 7) is 4.55. The first-order chi connectivity index (χ1) is 31.1. The van der Waals surface area contributed by atoms with E-state index in [1.54, 1.807) is 104 Å². The monoisotopic (exact) mass is 1120 g/mol. The molecule has 21 heteroatoms. The van der Waals surface area contributed by atoms with Gasteiger partial charge in [0.1, 0.15) is 34.8 Å². The number of rotatable bonds is 18. The zero-order valence-electron chi connectivity index (χ0n) is 37.8. The second-order valence-electron chi connectivity index (χ2n) is 13.9. The third kappa shape index (κ3) is 35.0. The van der Waals surface area contributed by atoms with E-state index in [2.05, 4.69) is 4.74 Å². The number of nitrogens with two attached hydrogens (primary N) is 1. The van der Waals surface area contributed by atoms with Gasteiger partial charge in [0.2, 0.25) is 0 Å². The molecule has 0 amide bonds. The molecule has 0 radical (unpaired) electrons. The van der Waals surface area contributed by atoms with Crippen LogP contribution in [-0.2, 0) is 38.2 Å². The number of benzene rings is 4. The van der Waals surface area contributed by atoms with E-state index in [1.165, 1.54) is 0 Å². The van der Waals surface area contributed by atoms with Crippen LogP contribution in [0.1, 0.15) is 72.1 Å². The van der Waals surface area contributed by atoms with E-state index in [-0.39, 0.29) is 107 Å². The van der Waals surface area contributed by atoms with Crippen molar-refractivity contribution in [1.29, 1.82) is 0 Å². The van der Waals surface area contributed by atoms with Gasteiger partial charge in [-0.25, -0.2) is 0 Å². The summed E-state index contributed by atoms with van der Waals surface area (Å²) < 4.78 is 30.3. The van der Waals surface area contributed by atoms with Gasteiger partial charge in [0, 0.05) is 52.2 Å². The Hall–Kier alpha value is -3.81. The fraction of sp³-hybridized carbons (Fsp3) is 0.396. The van der Waals surface area contributed by atoms with E-state index < -0.39 is 5.97 Å². The Morgan fingerprint density at radius 2 is 1.01 bits per heavy atom. The Balaban J connectivity index is -0.000000811. The molecule has 0 bridgehead atoms. The first-order valence-corrected chi connectivity index (χ1v) is 22.2. The van der Waals surface area contributed by atoms with Crippen molar-refractivity contribution in [2.24, 2.45) is 11.7 Å². The summed E-state index contributed by atoms with van der Waals surface area (Å²) in [5.74, 6) is 0.819. The SMILES string of the molecule is Br.C.CCOC(=O)CCCOc1ccc(Cl)cc1.NC1CCOC1=O.O=C(CCCOc1ccc(Cl)cc1)CC1CCOC1=O.O=C(O)CCCOc1ccc(Cl)cc1.Oc1ccc(Cl)cc1.[Na+].[OH-]. The van der Waals surface area contributed by atoms with Crippen LogP contribution in [0.15, 0.2) is 97.1 Å². The Morgan fingerprint density at radius 3 is 1.33 bits per heavy atom. The molecular formula is C48H61BrCl4NNaO14. The average Bonchev–Trinajstić information content (AvgIpc) is 3.88. The van der Waals surface area contributed by atoms with Gasteiger partial charge in [0.25, 0.3) is 0 Å². The Labute approximate surface area is 456 Å². The predicted molar refractivity (Wildman–Crippen MR) is 267 cm³/mol. The molecule has 2 atom stereocenters. The predicted octanol–water partition coefficient (Wildman–Crippen LogP) is 8.01. The van der Waals surface area contributed by atoms with Crippen LogP contribution in [0, 0.1) is 5.92 Å². The molecule has 4 aromatic carbocycles. The molecule has 6 rings (SSSR count). The van der Waals surface area contributed by atoms with Crippen molar-refractivity contribution in [2.45, 2.75) is 78.2 Å². The number of carbonyl (C=O) groups is 5. The molecule has 5 N–H and O–H groups in total. The zero-order chi connectivity index (χ0) is 47.8. The van der Waals surface area contributed by atoms with Gasteiger partial charge in [0.05, 0.1) is 45.6 Å². The molecule has 0 aromatic heterocycles. The molecular weight excluding hydrogens is 1060 g/mol. The number of aliphatic carboxylic acids is 1. The maximum atomic E-state index is 11.7. The molecule has 2 aliphatic rings. The van der Waals surface area contributed by atoms with Crippen molar-refractivity contribution in [1.82, 2.24) is 0 Å². The minimum absolute atomic E-state index is 0. The number of cyclic esters (lactones) is 2. The van der Waals surface area contributed by atoms with Crippen molar-refractivity contribution in [3.63, 3.8) is 0 Å². The Bertz CT molecular complexity index is 1980. The topological polar surface area (TPSA) is 237 Å². The summed E-state index contributed by atoms with van der Waals surface area (Å²) in [5.41, 5.74) is 5.20. The van der Waals surface area contributed by atoms with E-state index in [1.807, 2.05) is 0 Å². The summed E-state index contributed by atoms with van der Waals surface area (Å²) in [6.07, 6.45) is 4.39. The standard InChI is InChI=1S/C15H17ClO4.C12H15ClO3.C10H11ClO3.C6H5ClO.C4H7NO2.CH4.BrH.Na.H2O/c16-12-3-5-14(6-4-12)19-8-1-2-13(17)10-11-7-9-20-15(11)18;1-2-15-12(14)4-3-9-16-11-7-5-10(13)6-8-11;11-8-3-5-9(6-4-8)14-7-1-2-10(12)13;7-5-1-3-6(8)4-2-5;5-3-1-2-7-4(3)6;;;;/h3-6,11H,1-2,7-10H2;5-8H,2-4,9H2,1H3;3-6H,1-2,7H2,(H,12,13);1-4,8H;3H,1-2,5H2;1H4;1H;;1H2/q;;;;;;;+1;/p-1. The molecule has 2 fully saturated rings. The van der Waals surface area contributed by atoms with Gasteiger partial charge in [-0.1, -0.05) is 53.8 Å². The number of phenolic OH excluding ortho intramolecular Hbond substituents is 1. The molecule has 4 aromatic rings. The molecule has 2 unspecified atom stereocenters. The zero-order valence-corrected chi connectivity index (χ0v) is 44.6. The number of Topliss-reactive ketones (excluding diaryl/α,β-unsaturated/α-hetero) is 1. The van der Waals surface area contributed by atoms with Crippen molar-refractivity contribution >= 4 is 93.0 Å². The summed E-state index contributed by atoms with van der Waals surface area (Å²) >= 11 is 22.7. The number of esters is 3. The molecule has 2 saturated heterocycles. The fourth-order valence-corrected chi connectivity index (χ4v) is 5.66. The number of carbonyl (C=O) groups excluding carboxylic acids is 4. The van der Waals surface area contributed by atoms with Gasteiger partial charge in [-0.15, -0.1) is 17.0 Å². The van der Waals surface area contributed by atoms with Gasteiger partial charge < -0.3 is 49.8 Å². The van der Waals surface area contributed by atoms with Gasteiger partial charge in [-0.2, -0.15) is 0 Å². The molecule has 2 heterocycles. The normalized spacial score (nSPS) is 13.6. The second kappa shape index (κ2) is 41.9. The van der Waals surface area contributed by atoms with Crippen LogP contribution in [0.25, 0.3) is 0 Å². The molecule has 0 spiro atoms. The van der Waals surface area contributed by atoms with Gasteiger partial charge in [-0.05, 0) is 130 Å². The van der Waals surface area contributed by atoms with Gasteiger partial charge in [0.15, 0.2) is 0 Å². The Kier molecular flexibility index (Phi) is 42.2. The van der Waals surface area contributed by atoms with Crippen LogP contribution in [0.4, 0.5) is 0 Å². The molecule has 0 saturated carbocycles. The van der Waals surface area contributed by atoms with E-state index in [0.29, 0.717) is 117 Å². The number of hydrogen-bond donors (Lipinski definition) is 3. The minimum Gasteiger partial charge on any atom is -0.870 e. The van der Waals surface area contributed by atoms with E-state index in [9.17, 15) is 24.0 Å². The van der Waals surface area contributed by atoms with E-state index in [4.69, 9.17) is 86.0 Å². The smallest absolute Gasteiger partial charge is 0.870 e. The quantitative estimate of drug-likeness (QED) is 0.0370. The first-order valence-electron chi connectivity index (χ1n) is 20.7. The number of aromatic hydroxyl groups is 1. The van der Waals surface area contributed by atoms with Crippen LogP contribution in [0.3, 0.4) is 0 Å². The number of phenols is 1. The van der Waals surface area contributed by atoms with Crippen molar-refractivity contribution in [3.05, 3.63) is 117 Å². The number of hydrogen-bond acceptors (Lipinski definition) is 14. The first kappa shape index (κ1) is 69.5. The van der Waals surface area contributed by atoms with Crippen LogP contribution >= 0.6 is 63.4 Å². The largest absolute Gasteiger partial charge is 1.00 e. The average molecular weight is 1120 g/mol. The number of ketones is 1. The van der Waals surface area contributed by atoms with E-state index in [0.717, 1.165) is 11.5 Å². The minimum atomic E-state index is -0.801. The van der Waals surface area contributed by atoms with Crippen LogP contribution in [-0.4, -0.2) is 91.0 Å². The van der Waals surface area contributed by atoms with Gasteiger partial charge >= 0.3 is 53.4 Å². The third-order valence-corrected chi connectivity index (χ3v) is 9.54. The number of carboxylic acid groups (broad SMARTS) is 1. The maximum absolute atomic E-state index is 11.7. The van der Waals surface area contributed by atoms with Gasteiger partial charge in [-0.3, -0.25) is 24.0 Å². The number of carboxylic acids is 1. The summed E-state index contributed by atoms with van der Waals surface area (Å²) in [4.78, 5) is 54.4. The molecule has 69 heavy (non-hydrogen) atoms. The summed E-state index contributed by atoms with van der Waals surface area (Å²) in [7, 11) is 0. The molecule has 378 valence electrons. The maximum Gasteiger partial charge on any atom is 1.00 e. The molecule has 15 nitrogen and oxygen atoms in total. The molecule has 2 aliphatic heterocycles. The third-order valence-electron chi connectivity index (χ3n) is 8.53. The number of halogens is 5. The van der Waals surface area contributed by atoms with Crippen molar-refractivity contribution in [3.8, 4) is 23.0 Å². The van der Waals surface area contributed by atoms with Crippen molar-refractivity contribution in [2.75, 3.05) is 39.6 Å². The van der Waals surface area contributed by atoms with Crippen LogP contribution < -0.4 is 49.5 Å². The van der Waals surface area contributed by atoms with E-state index >= 15 is 0 Å². The number of ether oxygens (including phenoxy) is 6. The van der Waals surface area contributed by atoms with Crippen LogP contribution in [0.2, 0.25) is 20.1 Å². The van der Waals surface area contributed by atoms with Crippen LogP contribution in [0.5, 0.6) is 23.0 Å². The fourth-order valence-electron chi connectivity index (χ4n) is 5.16. The second-order valence-corrected chi connectivity index (χ2v) is 15.6. The summed E-state index contributed by atoms with van der Waals surface area (Å²) in [5, 5.41) is 19.7. The Morgan fingerprint density at radius 1 is 0.638 bits per heavy atom. The molecule has 0 aliphatic carbocycles.